The van der Waals surface area contributed by atoms with Crippen LogP contribution in [0.15, 0.2) is 23.0 Å². The average Bonchev–Trinajstić information content (AvgIpc) is 2.15. The largest absolute Gasteiger partial charge is 0.472 e. The first-order valence-corrected chi connectivity index (χ1v) is 3.65. The zero-order valence-corrected chi connectivity index (χ0v) is 5.43. The van der Waals surface area contributed by atoms with Crippen LogP contribution < -0.4 is 0 Å². The number of furan rings is 1. The summed E-state index contributed by atoms with van der Waals surface area (Å²) in [7, 11) is 0. The van der Waals surface area contributed by atoms with E-state index in [4.69, 9.17) is 4.55 Å². The lowest BCUT2D eigenvalue weighted by atomic mass is 10.4. The summed E-state index contributed by atoms with van der Waals surface area (Å²) in [5, 5.41) is 0. The third-order valence-corrected chi connectivity index (χ3v) is 1.45. The Kier molecular flexibility index (Phi) is 2.02. The summed E-state index contributed by atoms with van der Waals surface area (Å²) in [6.07, 6.45) is 2.93. The molecule has 0 saturated heterocycles. The monoisotopic (exact) mass is 146 g/mol. The van der Waals surface area contributed by atoms with Gasteiger partial charge in [0.1, 0.15) is 0 Å². The minimum absolute atomic E-state index is 0.149. The maximum Gasteiger partial charge on any atom is 0.157 e. The van der Waals surface area contributed by atoms with Crippen molar-refractivity contribution in [3.63, 3.8) is 0 Å². The average molecular weight is 146 g/mol. The van der Waals surface area contributed by atoms with Gasteiger partial charge in [-0.1, -0.05) is 0 Å². The fraction of sp³-hybridized carbons (Fsp3) is 0.200. The zero-order valence-electron chi connectivity index (χ0n) is 4.61. The van der Waals surface area contributed by atoms with Crippen molar-refractivity contribution in [2.75, 3.05) is 0 Å². The van der Waals surface area contributed by atoms with E-state index in [1.807, 2.05) is 0 Å². The molecular formula is C5H6O3S. The van der Waals surface area contributed by atoms with Gasteiger partial charge in [0.15, 0.2) is 11.1 Å². The van der Waals surface area contributed by atoms with Gasteiger partial charge in [0.25, 0.3) is 0 Å². The molecule has 1 aromatic rings. The first-order chi connectivity index (χ1) is 4.29. The Bertz CT molecular complexity index is 192. The van der Waals surface area contributed by atoms with Crippen LogP contribution in [0.1, 0.15) is 5.56 Å². The van der Waals surface area contributed by atoms with Gasteiger partial charge in [-0.3, -0.25) is 0 Å². The van der Waals surface area contributed by atoms with E-state index in [2.05, 4.69) is 4.42 Å². The predicted molar refractivity (Wildman–Crippen MR) is 33.2 cm³/mol. The molecule has 0 spiro atoms. The molecule has 0 aliphatic heterocycles. The van der Waals surface area contributed by atoms with Gasteiger partial charge >= 0.3 is 0 Å². The standard InChI is InChI=1S/C5H6O3S/c6-9(7)4-5-1-2-8-3-5/h1-3H,4H2,(H,6,7). The summed E-state index contributed by atoms with van der Waals surface area (Å²) >= 11 is -1.75. The second-order valence-corrected chi connectivity index (χ2v) is 2.53. The third kappa shape index (κ3) is 1.99. The van der Waals surface area contributed by atoms with E-state index in [1.54, 1.807) is 6.07 Å². The molecule has 1 atom stereocenters. The van der Waals surface area contributed by atoms with Crippen molar-refractivity contribution in [1.82, 2.24) is 0 Å². The van der Waals surface area contributed by atoms with Gasteiger partial charge < -0.3 is 8.97 Å². The maximum absolute atomic E-state index is 10.1. The molecule has 1 N–H and O–H groups in total. The van der Waals surface area contributed by atoms with Crippen molar-refractivity contribution in [1.29, 1.82) is 0 Å². The lowest BCUT2D eigenvalue weighted by Crippen LogP contribution is -1.89. The molecule has 4 heteroatoms. The summed E-state index contributed by atoms with van der Waals surface area (Å²) in [6, 6.07) is 1.66. The fourth-order valence-corrected chi connectivity index (χ4v) is 0.967. The fourth-order valence-electron chi connectivity index (χ4n) is 0.517. The topological polar surface area (TPSA) is 50.4 Å². The number of hydrogen-bond acceptors (Lipinski definition) is 2. The summed E-state index contributed by atoms with van der Waals surface area (Å²) in [4.78, 5) is 0. The molecule has 1 unspecified atom stereocenters. The van der Waals surface area contributed by atoms with Gasteiger partial charge in [-0.25, -0.2) is 4.21 Å². The van der Waals surface area contributed by atoms with Crippen molar-refractivity contribution in [2.24, 2.45) is 0 Å². The molecule has 1 aromatic heterocycles. The van der Waals surface area contributed by atoms with Crippen molar-refractivity contribution in [2.45, 2.75) is 5.75 Å². The quantitative estimate of drug-likeness (QED) is 0.633. The van der Waals surface area contributed by atoms with Crippen LogP contribution in [-0.2, 0) is 16.8 Å². The third-order valence-electron chi connectivity index (χ3n) is 0.870. The Morgan fingerprint density at radius 3 is 3.00 bits per heavy atom. The highest BCUT2D eigenvalue weighted by molar-refractivity contribution is 7.78. The van der Waals surface area contributed by atoms with Gasteiger partial charge in [-0.15, -0.1) is 0 Å². The van der Waals surface area contributed by atoms with E-state index in [0.717, 1.165) is 5.56 Å². The SMILES string of the molecule is O=S(O)Cc1ccoc1. The summed E-state index contributed by atoms with van der Waals surface area (Å²) in [5.41, 5.74) is 0.746. The van der Waals surface area contributed by atoms with Crippen LogP contribution >= 0.6 is 0 Å². The lowest BCUT2D eigenvalue weighted by Gasteiger charge is -1.85. The normalized spacial score (nSPS) is 13.4. The maximum atomic E-state index is 10.1. The number of rotatable bonds is 2. The first kappa shape index (κ1) is 6.51. The van der Waals surface area contributed by atoms with Gasteiger partial charge in [-0.2, -0.15) is 0 Å². The Morgan fingerprint density at radius 1 is 1.78 bits per heavy atom. The van der Waals surface area contributed by atoms with E-state index in [-0.39, 0.29) is 5.75 Å². The first-order valence-electron chi connectivity index (χ1n) is 2.37. The van der Waals surface area contributed by atoms with E-state index in [9.17, 15) is 4.21 Å². The van der Waals surface area contributed by atoms with Gasteiger partial charge in [0.05, 0.1) is 18.3 Å². The van der Waals surface area contributed by atoms with Crippen molar-refractivity contribution < 1.29 is 13.2 Å². The Balaban J connectivity index is 2.58. The molecule has 0 aliphatic rings. The Hall–Kier alpha value is -0.610. The van der Waals surface area contributed by atoms with Crippen LogP contribution in [0.2, 0.25) is 0 Å². The molecule has 0 bridgehead atoms. The molecule has 1 heterocycles. The lowest BCUT2D eigenvalue weighted by molar-refractivity contribution is 0.556. The van der Waals surface area contributed by atoms with Gasteiger partial charge in [0, 0.05) is 5.56 Å². The van der Waals surface area contributed by atoms with Gasteiger partial charge in [0.2, 0.25) is 0 Å². The van der Waals surface area contributed by atoms with Crippen LogP contribution in [0, 0.1) is 0 Å². The van der Waals surface area contributed by atoms with Crippen molar-refractivity contribution in [3.05, 3.63) is 24.2 Å². The van der Waals surface area contributed by atoms with E-state index in [0.29, 0.717) is 0 Å². The van der Waals surface area contributed by atoms with E-state index < -0.39 is 11.1 Å². The highest BCUT2D eigenvalue weighted by Crippen LogP contribution is 2.01. The van der Waals surface area contributed by atoms with Crippen molar-refractivity contribution >= 4 is 11.1 Å². The van der Waals surface area contributed by atoms with Crippen LogP contribution in [0.5, 0.6) is 0 Å². The second kappa shape index (κ2) is 2.80. The van der Waals surface area contributed by atoms with Crippen LogP contribution in [0.4, 0.5) is 0 Å². The minimum atomic E-state index is -1.75. The molecule has 0 aliphatic carbocycles. The molecule has 0 fully saturated rings. The van der Waals surface area contributed by atoms with E-state index >= 15 is 0 Å². The van der Waals surface area contributed by atoms with Crippen LogP contribution in [-0.4, -0.2) is 8.76 Å². The van der Waals surface area contributed by atoms with Gasteiger partial charge in [-0.05, 0) is 6.07 Å². The molecule has 50 valence electrons. The second-order valence-electron chi connectivity index (χ2n) is 1.60. The highest BCUT2D eigenvalue weighted by atomic mass is 32.2. The summed E-state index contributed by atoms with van der Waals surface area (Å²) < 4.78 is 23.2. The number of hydrogen-bond donors (Lipinski definition) is 1. The molecule has 3 nitrogen and oxygen atoms in total. The van der Waals surface area contributed by atoms with E-state index in [1.165, 1.54) is 12.5 Å². The zero-order chi connectivity index (χ0) is 6.69. The minimum Gasteiger partial charge on any atom is -0.472 e. The molecule has 0 saturated carbocycles. The smallest absolute Gasteiger partial charge is 0.157 e. The molecule has 0 radical (unpaired) electrons. The Morgan fingerprint density at radius 2 is 2.56 bits per heavy atom. The van der Waals surface area contributed by atoms with Crippen LogP contribution in [0.25, 0.3) is 0 Å². The predicted octanol–water partition coefficient (Wildman–Crippen LogP) is 1.00. The molecule has 1 rings (SSSR count). The van der Waals surface area contributed by atoms with Crippen LogP contribution in [0.3, 0.4) is 0 Å². The van der Waals surface area contributed by atoms with Crippen molar-refractivity contribution in [3.8, 4) is 0 Å². The summed E-state index contributed by atoms with van der Waals surface area (Å²) in [5.74, 6) is 0.149. The molecule has 9 heavy (non-hydrogen) atoms. The Labute approximate surface area is 55.0 Å². The highest BCUT2D eigenvalue weighted by Gasteiger charge is 1.96. The summed E-state index contributed by atoms with van der Waals surface area (Å²) in [6.45, 7) is 0. The molecular weight excluding hydrogens is 140 g/mol. The molecule has 0 amide bonds. The molecule has 0 aromatic carbocycles.